The summed E-state index contributed by atoms with van der Waals surface area (Å²) in [6.07, 6.45) is 9.55. The molecule has 6 aliphatic rings. The van der Waals surface area contributed by atoms with Gasteiger partial charge in [0.15, 0.2) is 0 Å². The lowest BCUT2D eigenvalue weighted by molar-refractivity contribution is 0.195. The molecular weight excluding hydrogens is 810 g/mol. The second kappa shape index (κ2) is 14.0. The zero-order valence-electron chi connectivity index (χ0n) is 40.9. The topological polar surface area (TPSA) is 9.72 Å². The van der Waals surface area contributed by atoms with Gasteiger partial charge in [0, 0.05) is 50.6 Å². The van der Waals surface area contributed by atoms with Crippen molar-refractivity contribution in [3.63, 3.8) is 0 Å². The molecule has 4 heteroatoms. The van der Waals surface area contributed by atoms with Crippen LogP contribution in [0.4, 0.5) is 39.8 Å². The summed E-state index contributed by atoms with van der Waals surface area (Å²) >= 11 is 0. The van der Waals surface area contributed by atoms with E-state index in [1.165, 1.54) is 127 Å². The van der Waals surface area contributed by atoms with Gasteiger partial charge in [0.05, 0.1) is 11.1 Å². The maximum Gasteiger partial charge on any atom is 0.252 e. The smallest absolute Gasteiger partial charge is 0.252 e. The average Bonchev–Trinajstić information content (AvgIpc) is 3.70. The molecule has 2 fully saturated rings. The highest BCUT2D eigenvalue weighted by molar-refractivity contribution is 7.00. The first kappa shape index (κ1) is 41.2. The summed E-state index contributed by atoms with van der Waals surface area (Å²) in [6, 6.07) is 57.6. The molecule has 67 heavy (non-hydrogen) atoms. The van der Waals surface area contributed by atoms with Gasteiger partial charge in [0.2, 0.25) is 0 Å². The third kappa shape index (κ3) is 5.36. The van der Waals surface area contributed by atoms with Crippen LogP contribution in [0.5, 0.6) is 0 Å². The Bertz CT molecular complexity index is 3170. The highest BCUT2D eigenvalue weighted by atomic mass is 15.3. The molecule has 0 bridgehead atoms. The Morgan fingerprint density at radius 1 is 0.493 bits per heavy atom. The van der Waals surface area contributed by atoms with Gasteiger partial charge in [-0.1, -0.05) is 168 Å². The second-order valence-electron chi connectivity index (χ2n) is 23.1. The van der Waals surface area contributed by atoms with E-state index in [0.717, 1.165) is 19.3 Å². The fourth-order valence-corrected chi connectivity index (χ4v) is 15.0. The minimum Gasteiger partial charge on any atom is -0.335 e. The third-order valence-electron chi connectivity index (χ3n) is 18.5. The quantitative estimate of drug-likeness (QED) is 0.163. The van der Waals surface area contributed by atoms with E-state index in [1.807, 2.05) is 0 Å². The molecule has 4 unspecified atom stereocenters. The van der Waals surface area contributed by atoms with E-state index in [1.54, 1.807) is 5.56 Å². The maximum atomic E-state index is 2.94. The molecule has 0 N–H and O–H groups in total. The molecule has 334 valence electrons. The highest BCUT2D eigenvalue weighted by Crippen LogP contribution is 2.66. The average molecular weight is 874 g/mol. The van der Waals surface area contributed by atoms with Gasteiger partial charge in [-0.15, -0.1) is 0 Å². The van der Waals surface area contributed by atoms with Gasteiger partial charge in [-0.3, -0.25) is 0 Å². The second-order valence-corrected chi connectivity index (χ2v) is 23.1. The Morgan fingerprint density at radius 2 is 1.15 bits per heavy atom. The van der Waals surface area contributed by atoms with E-state index in [2.05, 4.69) is 216 Å². The van der Waals surface area contributed by atoms with E-state index in [0.29, 0.717) is 0 Å². The maximum absolute atomic E-state index is 2.94. The van der Waals surface area contributed by atoms with Gasteiger partial charge in [-0.05, 0) is 151 Å². The Morgan fingerprint density at radius 3 is 1.90 bits per heavy atom. The monoisotopic (exact) mass is 874 g/mol. The van der Waals surface area contributed by atoms with Crippen LogP contribution in [0, 0.1) is 13.8 Å². The number of hydrogen-bond acceptors (Lipinski definition) is 3. The normalized spacial score (nSPS) is 25.3. The van der Waals surface area contributed by atoms with E-state index in [4.69, 9.17) is 0 Å². The third-order valence-corrected chi connectivity index (χ3v) is 18.5. The van der Waals surface area contributed by atoms with Gasteiger partial charge in [0.25, 0.3) is 6.71 Å². The van der Waals surface area contributed by atoms with Crippen molar-refractivity contribution in [1.29, 1.82) is 0 Å². The predicted octanol–water partition coefficient (Wildman–Crippen LogP) is 14.4. The summed E-state index contributed by atoms with van der Waals surface area (Å²) in [5, 5.41) is 0. The fourth-order valence-electron chi connectivity index (χ4n) is 15.0. The SMILES string of the molecule is Cc1ccc(N2c3ccc(C)cc3B3c4cc(-c5ccccc5)cc5c4N(c4cc(N6c7ccc(C(C)(C)C)cc7C7(c8ccccc8)CCCCC67C)cc2c43)C2(C)CCCCC52C)cc1. The highest BCUT2D eigenvalue weighted by Gasteiger charge is 2.64. The van der Waals surface area contributed by atoms with Gasteiger partial charge in [-0.2, -0.15) is 0 Å². The van der Waals surface area contributed by atoms with Crippen LogP contribution >= 0.6 is 0 Å². The molecule has 3 nitrogen and oxygen atoms in total. The minimum atomic E-state index is -0.208. The zero-order valence-corrected chi connectivity index (χ0v) is 40.9. The van der Waals surface area contributed by atoms with E-state index >= 15 is 0 Å². The molecule has 2 aliphatic carbocycles. The lowest BCUT2D eigenvalue weighted by Gasteiger charge is -2.54. The largest absolute Gasteiger partial charge is 0.335 e. The number of aryl methyl sites for hydroxylation is 2. The lowest BCUT2D eigenvalue weighted by Crippen LogP contribution is -2.64. The van der Waals surface area contributed by atoms with Crippen LogP contribution in [0.25, 0.3) is 11.1 Å². The van der Waals surface area contributed by atoms with Gasteiger partial charge < -0.3 is 14.7 Å². The summed E-state index contributed by atoms with van der Waals surface area (Å²) in [7, 11) is 0. The molecule has 0 spiro atoms. The number of anilines is 7. The lowest BCUT2D eigenvalue weighted by atomic mass is 9.33. The summed E-state index contributed by atoms with van der Waals surface area (Å²) < 4.78 is 0. The van der Waals surface area contributed by atoms with Crippen molar-refractivity contribution in [2.45, 2.75) is 134 Å². The van der Waals surface area contributed by atoms with Crippen LogP contribution in [0.15, 0.2) is 146 Å². The van der Waals surface area contributed by atoms with E-state index < -0.39 is 0 Å². The first-order valence-electron chi connectivity index (χ1n) is 25.5. The van der Waals surface area contributed by atoms with Crippen molar-refractivity contribution in [2.24, 2.45) is 0 Å². The first-order chi connectivity index (χ1) is 32.3. The van der Waals surface area contributed by atoms with Gasteiger partial charge in [-0.25, -0.2) is 0 Å². The number of hydrogen-bond donors (Lipinski definition) is 0. The van der Waals surface area contributed by atoms with Crippen molar-refractivity contribution in [1.82, 2.24) is 0 Å². The Hall–Kier alpha value is -6.00. The molecule has 4 atom stereocenters. The van der Waals surface area contributed by atoms with Crippen LogP contribution in [0.2, 0.25) is 0 Å². The van der Waals surface area contributed by atoms with Crippen LogP contribution in [0.3, 0.4) is 0 Å². The van der Waals surface area contributed by atoms with Gasteiger partial charge >= 0.3 is 0 Å². The molecular formula is C63H64BN3. The zero-order chi connectivity index (χ0) is 45.8. The Kier molecular flexibility index (Phi) is 8.63. The molecule has 0 aromatic heterocycles. The van der Waals surface area contributed by atoms with E-state index in [9.17, 15) is 0 Å². The molecule has 4 aliphatic heterocycles. The Balaban J connectivity index is 1.16. The predicted molar refractivity (Wildman–Crippen MR) is 285 cm³/mol. The molecule has 4 heterocycles. The summed E-state index contributed by atoms with van der Waals surface area (Å²) in [5.41, 5.74) is 24.4. The van der Waals surface area contributed by atoms with Crippen molar-refractivity contribution < 1.29 is 0 Å². The van der Waals surface area contributed by atoms with Crippen molar-refractivity contribution in [2.75, 3.05) is 14.7 Å². The first-order valence-corrected chi connectivity index (χ1v) is 25.5. The summed E-state index contributed by atoms with van der Waals surface area (Å²) in [5.74, 6) is 0. The molecule has 7 aromatic carbocycles. The van der Waals surface area contributed by atoms with E-state index in [-0.39, 0.29) is 34.0 Å². The molecule has 0 saturated heterocycles. The van der Waals surface area contributed by atoms with Gasteiger partial charge in [0.1, 0.15) is 0 Å². The number of benzene rings is 7. The minimum absolute atomic E-state index is 0.0238. The fraction of sp³-hybridized carbons (Fsp3) is 0.333. The number of fused-ring (bicyclic) bond motifs is 10. The molecule has 7 aromatic rings. The van der Waals surface area contributed by atoms with Crippen molar-refractivity contribution >= 4 is 62.9 Å². The molecule has 2 saturated carbocycles. The van der Waals surface area contributed by atoms with Crippen molar-refractivity contribution in [3.8, 4) is 11.1 Å². The van der Waals surface area contributed by atoms with Crippen LogP contribution in [-0.2, 0) is 16.2 Å². The standard InChI is InChI=1S/C63H64BN3/c1-41-23-27-47(28-24-41)65-54-29-25-42(2)35-51(54)64-52-37-44(43-19-11-9-12-20-43)36-50-58(52)67(61(7)32-16-15-31-60(50,61)6)56-40-48(39-55(65)57(56)64)66-53-30-26-46(59(3,4)5)38-49(53)63(45-21-13-10-14-22-45)34-18-17-33-62(63,66)8/h9-14,19-30,35-40H,15-18,31-34H2,1-8H3. The number of rotatable bonds is 4. The Labute approximate surface area is 400 Å². The number of nitrogens with zero attached hydrogens (tertiary/aromatic N) is 3. The molecule has 0 amide bonds. The van der Waals surface area contributed by atoms with Crippen LogP contribution in [-0.4, -0.2) is 17.8 Å². The molecule has 0 radical (unpaired) electrons. The van der Waals surface area contributed by atoms with Crippen LogP contribution < -0.4 is 31.1 Å². The summed E-state index contributed by atoms with van der Waals surface area (Å²) in [4.78, 5) is 8.45. The van der Waals surface area contributed by atoms with Crippen LogP contribution in [0.1, 0.15) is 126 Å². The van der Waals surface area contributed by atoms with Crippen molar-refractivity contribution in [3.05, 3.63) is 179 Å². The molecule has 13 rings (SSSR count). The summed E-state index contributed by atoms with van der Waals surface area (Å²) in [6.45, 7) is 19.6.